The van der Waals surface area contributed by atoms with Crippen LogP contribution in [0.4, 0.5) is 0 Å². The van der Waals surface area contributed by atoms with Gasteiger partial charge in [-0.15, -0.1) is 0 Å². The molecule has 0 spiro atoms. The Morgan fingerprint density at radius 2 is 2.00 bits per heavy atom. The molecule has 1 aliphatic rings. The summed E-state index contributed by atoms with van der Waals surface area (Å²) in [6.07, 6.45) is 5.60. The molecule has 3 rings (SSSR count). The van der Waals surface area contributed by atoms with E-state index in [1.165, 1.54) is 6.33 Å². The van der Waals surface area contributed by atoms with Crippen molar-refractivity contribution in [1.29, 1.82) is 0 Å². The second-order valence-corrected chi connectivity index (χ2v) is 5.15. The van der Waals surface area contributed by atoms with E-state index >= 15 is 0 Å². The lowest BCUT2D eigenvalue weighted by Gasteiger charge is -2.19. The van der Waals surface area contributed by atoms with Crippen LogP contribution in [0.5, 0.6) is 0 Å². The van der Waals surface area contributed by atoms with E-state index in [4.69, 9.17) is 4.42 Å². The summed E-state index contributed by atoms with van der Waals surface area (Å²) in [7, 11) is 0. The highest BCUT2D eigenvalue weighted by Gasteiger charge is 2.26. The van der Waals surface area contributed by atoms with Crippen molar-refractivity contribution in [3.63, 3.8) is 0 Å². The van der Waals surface area contributed by atoms with Crippen LogP contribution >= 0.6 is 0 Å². The van der Waals surface area contributed by atoms with Crippen LogP contribution in [-0.4, -0.2) is 33.9 Å². The molecule has 0 radical (unpaired) electrons. The number of hydrogen-bond acceptors (Lipinski definition) is 4. The van der Waals surface area contributed by atoms with Gasteiger partial charge in [0.05, 0.1) is 11.9 Å². The van der Waals surface area contributed by atoms with Crippen molar-refractivity contribution >= 4 is 17.0 Å². The molecule has 6 nitrogen and oxygen atoms in total. The fourth-order valence-electron chi connectivity index (χ4n) is 2.74. The Bertz CT molecular complexity index is 693. The number of furan rings is 1. The molecule has 106 valence electrons. The number of aromatic amines is 1. The van der Waals surface area contributed by atoms with Crippen molar-refractivity contribution in [3.05, 3.63) is 28.0 Å². The Morgan fingerprint density at radius 3 is 2.70 bits per heavy atom. The average molecular weight is 275 g/mol. The highest BCUT2D eigenvalue weighted by Crippen LogP contribution is 2.23. The molecular formula is C14H17N3O3. The van der Waals surface area contributed by atoms with Crippen molar-refractivity contribution in [3.8, 4) is 0 Å². The van der Waals surface area contributed by atoms with Gasteiger partial charge in [0.2, 0.25) is 5.71 Å². The Balaban J connectivity index is 2.07. The van der Waals surface area contributed by atoms with Gasteiger partial charge in [-0.2, -0.15) is 0 Å². The van der Waals surface area contributed by atoms with Gasteiger partial charge in [0, 0.05) is 13.1 Å². The third-order valence-electron chi connectivity index (χ3n) is 3.78. The van der Waals surface area contributed by atoms with Gasteiger partial charge < -0.3 is 14.3 Å². The number of carbonyl (C=O) groups is 1. The molecule has 1 fully saturated rings. The molecular weight excluding hydrogens is 258 g/mol. The van der Waals surface area contributed by atoms with E-state index in [2.05, 4.69) is 9.97 Å². The summed E-state index contributed by atoms with van der Waals surface area (Å²) in [6, 6.07) is 0. The summed E-state index contributed by atoms with van der Waals surface area (Å²) in [5.41, 5.74) is 0.255. The first kappa shape index (κ1) is 12.9. The number of aryl methyl sites for hydroxylation is 1. The molecule has 6 heteroatoms. The summed E-state index contributed by atoms with van der Waals surface area (Å²) in [4.78, 5) is 32.9. The van der Waals surface area contributed by atoms with Crippen LogP contribution in [0.1, 0.15) is 41.8 Å². The Hall–Kier alpha value is -2.11. The highest BCUT2D eigenvalue weighted by molar-refractivity contribution is 6.06. The maximum absolute atomic E-state index is 12.7. The molecule has 1 saturated heterocycles. The van der Waals surface area contributed by atoms with Crippen LogP contribution in [0.3, 0.4) is 0 Å². The smallest absolute Gasteiger partial charge is 0.262 e. The molecule has 0 saturated carbocycles. The monoisotopic (exact) mass is 275 g/mol. The lowest BCUT2D eigenvalue weighted by molar-refractivity contribution is 0.0761. The summed E-state index contributed by atoms with van der Waals surface area (Å²) in [5.74, 6) is 0.333. The molecule has 20 heavy (non-hydrogen) atoms. The third kappa shape index (κ3) is 2.11. The van der Waals surface area contributed by atoms with Gasteiger partial charge in [0.15, 0.2) is 0 Å². The van der Waals surface area contributed by atoms with Gasteiger partial charge in [0.1, 0.15) is 11.1 Å². The zero-order valence-corrected chi connectivity index (χ0v) is 11.4. The molecule has 2 aromatic heterocycles. The first-order valence-electron chi connectivity index (χ1n) is 6.94. The number of fused-ring (bicyclic) bond motifs is 1. The largest absolute Gasteiger partial charge is 0.442 e. The van der Waals surface area contributed by atoms with Crippen LogP contribution in [0.15, 0.2) is 15.5 Å². The second-order valence-electron chi connectivity index (χ2n) is 5.15. The lowest BCUT2D eigenvalue weighted by Crippen LogP contribution is -2.32. The Morgan fingerprint density at radius 1 is 1.30 bits per heavy atom. The first-order chi connectivity index (χ1) is 9.68. The lowest BCUT2D eigenvalue weighted by atomic mass is 10.1. The van der Waals surface area contributed by atoms with Gasteiger partial charge in [0.25, 0.3) is 11.5 Å². The van der Waals surface area contributed by atoms with E-state index in [1.807, 2.05) is 4.90 Å². The molecule has 1 amide bonds. The SMILES string of the molecule is Cc1oc2nc[nH]c(=O)c2c1C(=O)N1CCCCCC1. The predicted octanol–water partition coefficient (Wildman–Crippen LogP) is 1.84. The average Bonchev–Trinajstić information content (AvgIpc) is 2.63. The minimum Gasteiger partial charge on any atom is -0.442 e. The molecule has 1 N–H and O–H groups in total. The van der Waals surface area contributed by atoms with Gasteiger partial charge in [-0.25, -0.2) is 4.98 Å². The normalized spacial score (nSPS) is 16.4. The van der Waals surface area contributed by atoms with Crippen molar-refractivity contribution in [2.24, 2.45) is 0 Å². The third-order valence-corrected chi connectivity index (χ3v) is 3.78. The van der Waals surface area contributed by atoms with Crippen LogP contribution < -0.4 is 5.56 Å². The molecule has 0 atom stereocenters. The second kappa shape index (κ2) is 5.11. The van der Waals surface area contributed by atoms with Crippen LogP contribution in [0.25, 0.3) is 11.1 Å². The summed E-state index contributed by atoms with van der Waals surface area (Å²) >= 11 is 0. The number of amides is 1. The van der Waals surface area contributed by atoms with Crippen molar-refractivity contribution in [1.82, 2.24) is 14.9 Å². The molecule has 0 bridgehead atoms. The van der Waals surface area contributed by atoms with Gasteiger partial charge in [-0.3, -0.25) is 9.59 Å². The number of aromatic nitrogens is 2. The summed E-state index contributed by atoms with van der Waals surface area (Å²) < 4.78 is 5.44. The van der Waals surface area contributed by atoms with E-state index < -0.39 is 0 Å². The van der Waals surface area contributed by atoms with Crippen LogP contribution in [-0.2, 0) is 0 Å². The quantitative estimate of drug-likeness (QED) is 0.861. The molecule has 3 heterocycles. The van der Waals surface area contributed by atoms with E-state index in [1.54, 1.807) is 6.92 Å². The number of likely N-dealkylation sites (tertiary alicyclic amines) is 1. The highest BCUT2D eigenvalue weighted by atomic mass is 16.3. The van der Waals surface area contributed by atoms with Gasteiger partial charge >= 0.3 is 0 Å². The molecule has 0 aliphatic carbocycles. The number of rotatable bonds is 1. The number of hydrogen-bond donors (Lipinski definition) is 1. The molecule has 2 aromatic rings. The number of H-pyrrole nitrogens is 1. The zero-order valence-electron chi connectivity index (χ0n) is 11.4. The van der Waals surface area contributed by atoms with Gasteiger partial charge in [-0.05, 0) is 19.8 Å². The Kier molecular flexibility index (Phi) is 3.30. The maximum Gasteiger partial charge on any atom is 0.262 e. The van der Waals surface area contributed by atoms with Crippen LogP contribution in [0, 0.1) is 6.92 Å². The Labute approximate surface area is 115 Å². The molecule has 0 aromatic carbocycles. The number of nitrogens with one attached hydrogen (secondary N) is 1. The minimum absolute atomic E-state index is 0.123. The van der Waals surface area contributed by atoms with E-state index in [9.17, 15) is 9.59 Å². The topological polar surface area (TPSA) is 79.2 Å². The van der Waals surface area contributed by atoms with E-state index in [-0.39, 0.29) is 22.6 Å². The standard InChI is InChI=1S/C14H17N3O3/c1-9-10(11-12(18)15-8-16-13(11)20-9)14(19)17-6-4-2-3-5-7-17/h8H,2-7H2,1H3,(H,15,16,18). The van der Waals surface area contributed by atoms with Crippen molar-refractivity contribution in [2.45, 2.75) is 32.6 Å². The summed E-state index contributed by atoms with van der Waals surface area (Å²) in [5, 5.41) is 0.263. The van der Waals surface area contributed by atoms with E-state index in [0.717, 1.165) is 38.8 Å². The van der Waals surface area contributed by atoms with E-state index in [0.29, 0.717) is 11.3 Å². The maximum atomic E-state index is 12.7. The minimum atomic E-state index is -0.329. The van der Waals surface area contributed by atoms with Gasteiger partial charge in [-0.1, -0.05) is 12.8 Å². The van der Waals surface area contributed by atoms with Crippen molar-refractivity contribution in [2.75, 3.05) is 13.1 Å². The number of carbonyl (C=O) groups excluding carboxylic acids is 1. The fraction of sp³-hybridized carbons (Fsp3) is 0.500. The predicted molar refractivity (Wildman–Crippen MR) is 73.7 cm³/mol. The molecule has 0 unspecified atom stereocenters. The molecule has 1 aliphatic heterocycles. The number of nitrogens with zero attached hydrogens (tertiary/aromatic N) is 2. The fourth-order valence-corrected chi connectivity index (χ4v) is 2.74. The zero-order chi connectivity index (χ0) is 14.1. The first-order valence-corrected chi connectivity index (χ1v) is 6.94. The van der Waals surface area contributed by atoms with Crippen LogP contribution in [0.2, 0.25) is 0 Å². The van der Waals surface area contributed by atoms with Crippen molar-refractivity contribution < 1.29 is 9.21 Å². The summed E-state index contributed by atoms with van der Waals surface area (Å²) in [6.45, 7) is 3.18.